The van der Waals surface area contributed by atoms with Crippen LogP contribution >= 0.6 is 0 Å². The van der Waals surface area contributed by atoms with E-state index >= 15 is 0 Å². The number of fused-ring (bicyclic) bond motifs is 1. The van der Waals surface area contributed by atoms with Gasteiger partial charge < -0.3 is 30.7 Å². The zero-order valence-electron chi connectivity index (χ0n) is 20.7. The molecule has 3 aromatic rings. The number of anilines is 4. The minimum atomic E-state index is -0.560. The molecule has 1 amide bonds. The molecule has 1 aromatic carbocycles. The zero-order valence-corrected chi connectivity index (χ0v) is 20.7. The third kappa shape index (κ3) is 5.01. The Kier molecular flexibility index (Phi) is 6.82. The second kappa shape index (κ2) is 10.2. The third-order valence-corrected chi connectivity index (χ3v) is 6.35. The van der Waals surface area contributed by atoms with Gasteiger partial charge in [0.2, 0.25) is 5.95 Å². The summed E-state index contributed by atoms with van der Waals surface area (Å²) in [6.07, 6.45) is 4.25. The van der Waals surface area contributed by atoms with Crippen molar-refractivity contribution in [1.82, 2.24) is 25.6 Å². The van der Waals surface area contributed by atoms with Gasteiger partial charge >= 0.3 is 0 Å². The summed E-state index contributed by atoms with van der Waals surface area (Å²) in [4.78, 5) is 26.5. The van der Waals surface area contributed by atoms with Crippen molar-refractivity contribution >= 4 is 29.0 Å². The molecule has 4 N–H and O–H groups in total. The van der Waals surface area contributed by atoms with Gasteiger partial charge in [-0.3, -0.25) is 9.78 Å². The first-order chi connectivity index (χ1) is 17.5. The van der Waals surface area contributed by atoms with E-state index in [2.05, 4.69) is 48.4 Å². The van der Waals surface area contributed by atoms with Gasteiger partial charge in [-0.05, 0) is 62.2 Å². The molecule has 5 rings (SSSR count). The summed E-state index contributed by atoms with van der Waals surface area (Å²) in [5.74, 6) is 0.519. The van der Waals surface area contributed by atoms with Crippen LogP contribution in [0, 0.1) is 0 Å². The Morgan fingerprint density at radius 1 is 1.11 bits per heavy atom. The van der Waals surface area contributed by atoms with Crippen LogP contribution < -0.4 is 21.3 Å². The van der Waals surface area contributed by atoms with E-state index in [0.717, 1.165) is 36.6 Å². The van der Waals surface area contributed by atoms with Crippen molar-refractivity contribution in [1.29, 1.82) is 0 Å². The van der Waals surface area contributed by atoms with Crippen LogP contribution in [0.15, 0.2) is 42.7 Å². The molecule has 1 fully saturated rings. The van der Waals surface area contributed by atoms with Crippen molar-refractivity contribution in [2.75, 3.05) is 37.5 Å². The van der Waals surface area contributed by atoms with Crippen LogP contribution in [0.5, 0.6) is 0 Å². The van der Waals surface area contributed by atoms with Crippen LogP contribution in [-0.4, -0.2) is 53.8 Å². The Hall–Kier alpha value is -3.60. The van der Waals surface area contributed by atoms with Crippen molar-refractivity contribution in [3.63, 3.8) is 0 Å². The van der Waals surface area contributed by atoms with E-state index in [1.165, 1.54) is 17.3 Å². The Balaban J connectivity index is 1.44. The molecule has 0 bridgehead atoms. The standard InChI is InChI=1S/C26H31N7O3/c1-16(2)30-24(34)21-13-29-25(32-19-5-4-17-6-8-27-12-18(17)10-19)33-23(21)31-20-7-9-28-22(11-20)26(35-3)14-36-15-26/h4-5,7,9-11,13,16,27H,6,8,12,14-15H2,1-3H3,(H,30,34)(H2,28,29,31,32,33). The second-order valence-electron chi connectivity index (χ2n) is 9.37. The number of rotatable bonds is 8. The van der Waals surface area contributed by atoms with Gasteiger partial charge in [-0.1, -0.05) is 6.07 Å². The third-order valence-electron chi connectivity index (χ3n) is 6.35. The van der Waals surface area contributed by atoms with Gasteiger partial charge in [0.25, 0.3) is 5.91 Å². The van der Waals surface area contributed by atoms with Crippen LogP contribution in [-0.2, 0) is 28.0 Å². The fraction of sp³-hybridized carbons (Fsp3) is 0.385. The number of aromatic nitrogens is 3. The first-order valence-electron chi connectivity index (χ1n) is 12.1. The summed E-state index contributed by atoms with van der Waals surface area (Å²) in [5.41, 5.74) is 4.76. The number of hydrogen-bond donors (Lipinski definition) is 4. The first-order valence-corrected chi connectivity index (χ1v) is 12.1. The lowest BCUT2D eigenvalue weighted by Gasteiger charge is -2.39. The van der Waals surface area contributed by atoms with Crippen molar-refractivity contribution in [3.8, 4) is 0 Å². The van der Waals surface area contributed by atoms with Gasteiger partial charge in [0.05, 0.1) is 18.9 Å². The van der Waals surface area contributed by atoms with Crippen molar-refractivity contribution in [3.05, 3.63) is 65.1 Å². The molecule has 10 heteroatoms. The highest BCUT2D eigenvalue weighted by molar-refractivity contribution is 5.99. The second-order valence-corrected chi connectivity index (χ2v) is 9.37. The first kappa shape index (κ1) is 24.1. The van der Waals surface area contributed by atoms with E-state index in [4.69, 9.17) is 9.47 Å². The number of benzene rings is 1. The molecule has 1 saturated heterocycles. The molecule has 0 radical (unpaired) electrons. The maximum absolute atomic E-state index is 12.9. The van der Waals surface area contributed by atoms with Gasteiger partial charge in [0, 0.05) is 43.5 Å². The zero-order chi connectivity index (χ0) is 25.1. The minimum absolute atomic E-state index is 0.0278. The Bertz CT molecular complexity index is 1250. The molecule has 10 nitrogen and oxygen atoms in total. The van der Waals surface area contributed by atoms with E-state index in [-0.39, 0.29) is 11.9 Å². The Morgan fingerprint density at radius 2 is 1.94 bits per heavy atom. The SMILES string of the molecule is COC1(c2cc(Nc3nc(Nc4ccc5c(c4)CNCC5)ncc3C(=O)NC(C)C)ccn2)COC1. The van der Waals surface area contributed by atoms with Crippen molar-refractivity contribution < 1.29 is 14.3 Å². The lowest BCUT2D eigenvalue weighted by Crippen LogP contribution is -2.48. The topological polar surface area (TPSA) is 122 Å². The molecule has 0 aliphatic carbocycles. The molecular formula is C26H31N7O3. The summed E-state index contributed by atoms with van der Waals surface area (Å²) in [7, 11) is 1.65. The van der Waals surface area contributed by atoms with Crippen molar-refractivity contribution in [2.45, 2.75) is 38.5 Å². The maximum Gasteiger partial charge on any atom is 0.256 e. The monoisotopic (exact) mass is 489 g/mol. The quantitative estimate of drug-likeness (QED) is 0.378. The van der Waals surface area contributed by atoms with Crippen LogP contribution in [0.3, 0.4) is 0 Å². The molecule has 0 atom stereocenters. The summed E-state index contributed by atoms with van der Waals surface area (Å²) >= 11 is 0. The largest absolute Gasteiger partial charge is 0.374 e. The lowest BCUT2D eigenvalue weighted by atomic mass is 9.96. The highest BCUT2D eigenvalue weighted by Gasteiger charge is 2.42. The summed E-state index contributed by atoms with van der Waals surface area (Å²) in [5, 5.41) is 12.9. The van der Waals surface area contributed by atoms with Gasteiger partial charge in [0.15, 0.2) is 5.60 Å². The number of methoxy groups -OCH3 is 1. The van der Waals surface area contributed by atoms with E-state index in [0.29, 0.717) is 30.5 Å². The number of pyridine rings is 1. The van der Waals surface area contributed by atoms with Gasteiger partial charge in [0.1, 0.15) is 11.4 Å². The van der Waals surface area contributed by atoms with Crippen LogP contribution in [0.4, 0.5) is 23.1 Å². The van der Waals surface area contributed by atoms with Gasteiger partial charge in [-0.2, -0.15) is 4.98 Å². The number of ether oxygens (including phenoxy) is 2. The fourth-order valence-electron chi connectivity index (χ4n) is 4.28. The van der Waals surface area contributed by atoms with Crippen LogP contribution in [0.1, 0.15) is 41.0 Å². The molecule has 2 aliphatic heterocycles. The molecule has 2 aliphatic rings. The average Bonchev–Trinajstić information content (AvgIpc) is 2.84. The van der Waals surface area contributed by atoms with E-state index in [1.807, 2.05) is 32.0 Å². The Morgan fingerprint density at radius 3 is 2.69 bits per heavy atom. The molecular weight excluding hydrogens is 458 g/mol. The summed E-state index contributed by atoms with van der Waals surface area (Å²) < 4.78 is 11.0. The van der Waals surface area contributed by atoms with Crippen molar-refractivity contribution in [2.24, 2.45) is 0 Å². The van der Waals surface area contributed by atoms with Gasteiger partial charge in [-0.25, -0.2) is 4.98 Å². The number of nitrogens with zero attached hydrogens (tertiary/aromatic N) is 3. The number of nitrogens with one attached hydrogen (secondary N) is 4. The smallest absolute Gasteiger partial charge is 0.256 e. The highest BCUT2D eigenvalue weighted by Crippen LogP contribution is 2.33. The predicted octanol–water partition coefficient (Wildman–Crippen LogP) is 3.01. The Labute approximate surface area is 210 Å². The molecule has 36 heavy (non-hydrogen) atoms. The number of amides is 1. The fourth-order valence-corrected chi connectivity index (χ4v) is 4.28. The highest BCUT2D eigenvalue weighted by atomic mass is 16.6. The van der Waals surface area contributed by atoms with Crippen LogP contribution in [0.25, 0.3) is 0 Å². The predicted molar refractivity (Wildman–Crippen MR) is 137 cm³/mol. The van der Waals surface area contributed by atoms with Crippen LogP contribution in [0.2, 0.25) is 0 Å². The number of carbonyl (C=O) groups is 1. The average molecular weight is 490 g/mol. The molecule has 0 spiro atoms. The summed E-state index contributed by atoms with van der Waals surface area (Å²) in [6, 6.07) is 9.96. The molecule has 4 heterocycles. The van der Waals surface area contributed by atoms with E-state index in [1.54, 1.807) is 13.3 Å². The summed E-state index contributed by atoms with van der Waals surface area (Å²) in [6.45, 7) is 6.54. The van der Waals surface area contributed by atoms with E-state index in [9.17, 15) is 4.79 Å². The molecule has 188 valence electrons. The lowest BCUT2D eigenvalue weighted by molar-refractivity contribution is -0.204. The number of carbonyl (C=O) groups excluding carboxylic acids is 1. The molecule has 0 unspecified atom stereocenters. The molecule has 0 saturated carbocycles. The van der Waals surface area contributed by atoms with E-state index < -0.39 is 5.60 Å². The maximum atomic E-state index is 12.9. The normalized spacial score (nSPS) is 16.1. The minimum Gasteiger partial charge on any atom is -0.374 e. The number of hydrogen-bond acceptors (Lipinski definition) is 9. The molecule has 2 aromatic heterocycles. The van der Waals surface area contributed by atoms with Gasteiger partial charge in [-0.15, -0.1) is 0 Å².